The fraction of sp³-hybridized carbons (Fsp3) is 0.133. The Morgan fingerprint density at radius 1 is 1.16 bits per heavy atom. The largest absolute Gasteiger partial charge is 0.433 e. The van der Waals surface area contributed by atoms with Crippen molar-refractivity contribution >= 4 is 11.5 Å². The third kappa shape index (κ3) is 3.67. The number of aromatic amines is 1. The van der Waals surface area contributed by atoms with Crippen LogP contribution >= 0.6 is 0 Å². The van der Waals surface area contributed by atoms with Crippen molar-refractivity contribution in [3.8, 4) is 5.95 Å². The zero-order valence-corrected chi connectivity index (χ0v) is 12.7. The zero-order chi connectivity index (χ0) is 18.2. The fourth-order valence-electron chi connectivity index (χ4n) is 2.12. The Kier molecular flexibility index (Phi) is 4.03. The molecule has 10 heteroatoms. The lowest BCUT2D eigenvalue weighted by atomic mass is 10.3. The second-order valence-electron chi connectivity index (χ2n) is 5.17. The van der Waals surface area contributed by atoms with Gasteiger partial charge in [0.1, 0.15) is 11.6 Å². The first-order valence-electron chi connectivity index (χ1n) is 7.00. The quantitative estimate of drug-likeness (QED) is 0.709. The summed E-state index contributed by atoms with van der Waals surface area (Å²) in [5.41, 5.74) is -1.33. The van der Waals surface area contributed by atoms with Gasteiger partial charge in [0, 0.05) is 17.8 Å². The molecule has 0 spiro atoms. The van der Waals surface area contributed by atoms with E-state index >= 15 is 0 Å². The average molecular weight is 353 g/mol. The third-order valence-corrected chi connectivity index (χ3v) is 3.17. The van der Waals surface area contributed by atoms with Crippen LogP contribution in [0.3, 0.4) is 0 Å². The molecular weight excluding hydrogens is 342 g/mol. The van der Waals surface area contributed by atoms with E-state index in [9.17, 15) is 22.4 Å². The first kappa shape index (κ1) is 16.7. The number of H-pyrrole nitrogens is 1. The number of halogens is 4. The minimum absolute atomic E-state index is 0.256. The molecule has 0 amide bonds. The van der Waals surface area contributed by atoms with Gasteiger partial charge in [0.25, 0.3) is 5.56 Å². The van der Waals surface area contributed by atoms with E-state index in [1.54, 1.807) is 13.0 Å². The van der Waals surface area contributed by atoms with E-state index in [-0.39, 0.29) is 5.82 Å². The molecule has 0 saturated heterocycles. The second kappa shape index (κ2) is 6.04. The van der Waals surface area contributed by atoms with Crippen molar-refractivity contribution in [3.63, 3.8) is 0 Å². The number of rotatable bonds is 3. The minimum atomic E-state index is -4.77. The van der Waals surface area contributed by atoms with Crippen LogP contribution in [0, 0.1) is 12.7 Å². The molecule has 0 bridgehead atoms. The summed E-state index contributed by atoms with van der Waals surface area (Å²) in [6.07, 6.45) is -4.77. The molecule has 0 aliphatic heterocycles. The van der Waals surface area contributed by atoms with Crippen LogP contribution in [0.1, 0.15) is 11.4 Å². The number of benzene rings is 1. The number of hydrogen-bond acceptors (Lipinski definition) is 4. The standard InChI is InChI=1S/C15H11F4N5O/c1-8-6-12(20-10-4-2-9(16)3-5-10)24(23-8)14-21-11(15(17,18)19)7-13(25)22-14/h2-7,20H,1H3,(H,21,22,25). The second-order valence-corrected chi connectivity index (χ2v) is 5.17. The van der Waals surface area contributed by atoms with Crippen LogP contribution in [-0.4, -0.2) is 19.7 Å². The molecule has 6 nitrogen and oxygen atoms in total. The van der Waals surface area contributed by atoms with E-state index in [0.29, 0.717) is 17.4 Å². The van der Waals surface area contributed by atoms with Crippen LogP contribution < -0.4 is 10.9 Å². The number of nitrogens with one attached hydrogen (secondary N) is 2. The van der Waals surface area contributed by atoms with Gasteiger partial charge in [-0.15, -0.1) is 0 Å². The lowest BCUT2D eigenvalue weighted by molar-refractivity contribution is -0.141. The highest BCUT2D eigenvalue weighted by Crippen LogP contribution is 2.27. The summed E-state index contributed by atoms with van der Waals surface area (Å²) in [4.78, 5) is 17.2. The maximum Gasteiger partial charge on any atom is 0.433 e. The van der Waals surface area contributed by atoms with Gasteiger partial charge in [-0.1, -0.05) is 0 Å². The molecule has 0 aliphatic carbocycles. The van der Waals surface area contributed by atoms with Gasteiger partial charge in [0.2, 0.25) is 5.95 Å². The predicted molar refractivity (Wildman–Crippen MR) is 81.4 cm³/mol. The monoisotopic (exact) mass is 353 g/mol. The molecule has 2 aromatic heterocycles. The number of aryl methyl sites for hydroxylation is 1. The van der Waals surface area contributed by atoms with Crippen LogP contribution in [0.2, 0.25) is 0 Å². The summed E-state index contributed by atoms with van der Waals surface area (Å²) in [5.74, 6) is -0.566. The minimum Gasteiger partial charge on any atom is -0.340 e. The summed E-state index contributed by atoms with van der Waals surface area (Å²) < 4.78 is 52.6. The first-order chi connectivity index (χ1) is 11.7. The van der Waals surface area contributed by atoms with Gasteiger partial charge < -0.3 is 5.32 Å². The summed E-state index contributed by atoms with van der Waals surface area (Å²) >= 11 is 0. The van der Waals surface area contributed by atoms with Gasteiger partial charge in [-0.3, -0.25) is 9.78 Å². The van der Waals surface area contributed by atoms with E-state index in [4.69, 9.17) is 0 Å². The summed E-state index contributed by atoms with van der Waals surface area (Å²) in [7, 11) is 0. The van der Waals surface area contributed by atoms with Crippen molar-refractivity contribution in [1.29, 1.82) is 0 Å². The number of alkyl halides is 3. The fourth-order valence-corrected chi connectivity index (χ4v) is 2.12. The van der Waals surface area contributed by atoms with Crippen LogP contribution in [0.4, 0.5) is 29.1 Å². The summed E-state index contributed by atoms with van der Waals surface area (Å²) in [6, 6.07) is 7.26. The molecule has 25 heavy (non-hydrogen) atoms. The predicted octanol–water partition coefficient (Wildman–Crippen LogP) is 3.17. The van der Waals surface area contributed by atoms with Gasteiger partial charge in [0.15, 0.2) is 5.69 Å². The number of nitrogens with zero attached hydrogens (tertiary/aromatic N) is 3. The number of anilines is 2. The zero-order valence-electron chi connectivity index (χ0n) is 12.7. The van der Waals surface area contributed by atoms with Crippen molar-refractivity contribution in [2.75, 3.05) is 5.32 Å². The lowest BCUT2D eigenvalue weighted by Crippen LogP contribution is -2.20. The van der Waals surface area contributed by atoms with E-state index in [0.717, 1.165) is 4.68 Å². The molecule has 1 aromatic carbocycles. The molecule has 3 aromatic rings. The maximum absolute atomic E-state index is 13.0. The van der Waals surface area contributed by atoms with Crippen molar-refractivity contribution in [1.82, 2.24) is 19.7 Å². The molecule has 0 saturated carbocycles. The van der Waals surface area contributed by atoms with Gasteiger partial charge >= 0.3 is 6.18 Å². The van der Waals surface area contributed by atoms with Crippen LogP contribution in [0.25, 0.3) is 5.95 Å². The smallest absolute Gasteiger partial charge is 0.340 e. The number of hydrogen-bond donors (Lipinski definition) is 2. The average Bonchev–Trinajstić information content (AvgIpc) is 2.89. The Bertz CT molecular complexity index is 959. The first-order valence-corrected chi connectivity index (χ1v) is 7.00. The molecule has 0 aliphatic rings. The van der Waals surface area contributed by atoms with E-state index < -0.39 is 29.2 Å². The SMILES string of the molecule is Cc1cc(Nc2ccc(F)cc2)n(-c2nc(C(F)(F)F)cc(=O)[nH]2)n1. The Morgan fingerprint density at radius 3 is 2.48 bits per heavy atom. The molecule has 2 heterocycles. The Balaban J connectivity index is 2.05. The molecule has 0 radical (unpaired) electrons. The van der Waals surface area contributed by atoms with Gasteiger partial charge in [-0.05, 0) is 31.2 Å². The third-order valence-electron chi connectivity index (χ3n) is 3.17. The van der Waals surface area contributed by atoms with Crippen LogP contribution in [0.15, 0.2) is 41.2 Å². The summed E-state index contributed by atoms with van der Waals surface area (Å²) in [6.45, 7) is 1.62. The molecule has 3 rings (SSSR count). The normalized spacial score (nSPS) is 11.6. The molecule has 130 valence electrons. The molecule has 0 unspecified atom stereocenters. The number of aromatic nitrogens is 4. The van der Waals surface area contributed by atoms with Gasteiger partial charge in [-0.2, -0.15) is 23.0 Å². The van der Waals surface area contributed by atoms with Gasteiger partial charge in [-0.25, -0.2) is 9.37 Å². The van der Waals surface area contributed by atoms with E-state index in [2.05, 4.69) is 20.4 Å². The molecule has 0 atom stereocenters. The Morgan fingerprint density at radius 2 is 1.84 bits per heavy atom. The van der Waals surface area contributed by atoms with E-state index in [1.807, 2.05) is 0 Å². The summed E-state index contributed by atoms with van der Waals surface area (Å²) in [5, 5.41) is 6.93. The van der Waals surface area contributed by atoms with E-state index in [1.165, 1.54) is 24.3 Å². The van der Waals surface area contributed by atoms with Crippen LogP contribution in [0.5, 0.6) is 0 Å². The Labute approximate surface area is 138 Å². The van der Waals surface area contributed by atoms with Crippen molar-refractivity contribution in [2.45, 2.75) is 13.1 Å². The highest BCUT2D eigenvalue weighted by atomic mass is 19.4. The molecule has 2 N–H and O–H groups in total. The molecular formula is C15H11F4N5O. The highest BCUT2D eigenvalue weighted by Gasteiger charge is 2.33. The van der Waals surface area contributed by atoms with Crippen molar-refractivity contribution in [2.24, 2.45) is 0 Å². The molecule has 0 fully saturated rings. The Hall–Kier alpha value is -3.17. The highest BCUT2D eigenvalue weighted by molar-refractivity contribution is 5.58. The van der Waals surface area contributed by atoms with Crippen molar-refractivity contribution in [3.05, 3.63) is 64.0 Å². The maximum atomic E-state index is 13.0. The lowest BCUT2D eigenvalue weighted by Gasteiger charge is -2.11. The topological polar surface area (TPSA) is 75.6 Å². The van der Waals surface area contributed by atoms with Crippen LogP contribution in [-0.2, 0) is 6.18 Å². The van der Waals surface area contributed by atoms with Crippen molar-refractivity contribution < 1.29 is 17.6 Å². The van der Waals surface area contributed by atoms with Gasteiger partial charge in [0.05, 0.1) is 5.69 Å².